The molecule has 3 aliphatic carbocycles. The number of carboxylic acids is 1. The minimum absolute atomic E-state index is 0.231. The summed E-state index contributed by atoms with van der Waals surface area (Å²) in [5.41, 5.74) is 3.99. The number of aliphatic carboxylic acids is 1. The van der Waals surface area contributed by atoms with E-state index in [1.54, 1.807) is 0 Å². The molecule has 0 bridgehead atoms. The maximum Gasteiger partial charge on any atom is 0.331 e. The second-order valence-corrected chi connectivity index (χ2v) is 10.0. The topological polar surface area (TPSA) is 37.3 Å². The molecule has 0 saturated heterocycles. The zero-order chi connectivity index (χ0) is 19.8. The molecule has 1 unspecified atom stereocenters. The molecule has 1 spiro atoms. The molecule has 3 aliphatic rings. The van der Waals surface area contributed by atoms with Gasteiger partial charge in [0.25, 0.3) is 0 Å². The standard InChI is InChI=1S/C25H38O2/c1-17(2)7-6-8-18(3)21-13-16-25-15-12-20(23(26)27)9-10-22(25)19(4)11-14-24(21,25)5/h7,12,18,21-22H,4,6,8-11,13-16H2,1-3,5H3,(H,26,27)/t18-,21-,22-,24-,25?/m1/s1. The van der Waals surface area contributed by atoms with Gasteiger partial charge in [0.1, 0.15) is 0 Å². The van der Waals surface area contributed by atoms with Crippen molar-refractivity contribution in [3.05, 3.63) is 35.5 Å². The molecular weight excluding hydrogens is 332 g/mol. The van der Waals surface area contributed by atoms with Crippen molar-refractivity contribution in [1.29, 1.82) is 0 Å². The van der Waals surface area contributed by atoms with E-state index in [1.807, 2.05) is 0 Å². The Labute approximate surface area is 165 Å². The summed E-state index contributed by atoms with van der Waals surface area (Å²) < 4.78 is 0. The minimum atomic E-state index is -0.720. The number of hydrogen-bond acceptors (Lipinski definition) is 1. The highest BCUT2D eigenvalue weighted by atomic mass is 16.4. The molecule has 0 aromatic heterocycles. The van der Waals surface area contributed by atoms with Gasteiger partial charge in [0.05, 0.1) is 0 Å². The summed E-state index contributed by atoms with van der Waals surface area (Å²) in [5.74, 6) is 1.25. The third-order valence-electron chi connectivity index (χ3n) is 8.53. The molecular formula is C25H38O2. The Balaban J connectivity index is 1.89. The molecule has 3 rings (SSSR count). The molecule has 2 saturated carbocycles. The van der Waals surface area contributed by atoms with E-state index in [1.165, 1.54) is 43.3 Å². The SMILES string of the molecule is C=C1CC[C@]2(C)[C@@H]([C@H](C)CCC=C(C)C)CCC23CC=C(C(=O)O)CC[C@H]13. The molecule has 0 aliphatic heterocycles. The summed E-state index contributed by atoms with van der Waals surface area (Å²) in [5, 5.41) is 9.55. The van der Waals surface area contributed by atoms with Crippen LogP contribution in [-0.2, 0) is 4.79 Å². The average Bonchev–Trinajstić information content (AvgIpc) is 2.76. The van der Waals surface area contributed by atoms with Gasteiger partial charge < -0.3 is 5.11 Å². The Morgan fingerprint density at radius 3 is 2.74 bits per heavy atom. The monoisotopic (exact) mass is 370 g/mol. The zero-order valence-corrected chi connectivity index (χ0v) is 17.8. The molecule has 2 nitrogen and oxygen atoms in total. The number of carbonyl (C=O) groups is 1. The molecule has 5 atom stereocenters. The van der Waals surface area contributed by atoms with Gasteiger partial charge in [-0.15, -0.1) is 0 Å². The molecule has 27 heavy (non-hydrogen) atoms. The van der Waals surface area contributed by atoms with Crippen LogP contribution in [0.3, 0.4) is 0 Å². The van der Waals surface area contributed by atoms with Crippen molar-refractivity contribution in [2.24, 2.45) is 28.6 Å². The Bertz CT molecular complexity index is 666. The van der Waals surface area contributed by atoms with Crippen molar-refractivity contribution in [3.8, 4) is 0 Å². The van der Waals surface area contributed by atoms with E-state index >= 15 is 0 Å². The van der Waals surface area contributed by atoms with Crippen LogP contribution in [0.4, 0.5) is 0 Å². The van der Waals surface area contributed by atoms with E-state index in [0.717, 1.165) is 31.1 Å². The van der Waals surface area contributed by atoms with Gasteiger partial charge in [0.15, 0.2) is 0 Å². The van der Waals surface area contributed by atoms with Gasteiger partial charge in [0.2, 0.25) is 0 Å². The summed E-state index contributed by atoms with van der Waals surface area (Å²) in [6.45, 7) is 13.8. The van der Waals surface area contributed by atoms with Crippen LogP contribution in [0.2, 0.25) is 0 Å². The van der Waals surface area contributed by atoms with Crippen molar-refractivity contribution in [2.45, 2.75) is 85.5 Å². The molecule has 0 aromatic carbocycles. The van der Waals surface area contributed by atoms with Gasteiger partial charge in [0, 0.05) is 5.57 Å². The lowest BCUT2D eigenvalue weighted by Crippen LogP contribution is -2.48. The van der Waals surface area contributed by atoms with Crippen LogP contribution in [0.25, 0.3) is 0 Å². The van der Waals surface area contributed by atoms with E-state index in [4.69, 9.17) is 0 Å². The highest BCUT2D eigenvalue weighted by molar-refractivity contribution is 5.86. The Kier molecular flexibility index (Phi) is 5.75. The van der Waals surface area contributed by atoms with Gasteiger partial charge in [-0.2, -0.15) is 0 Å². The van der Waals surface area contributed by atoms with Crippen molar-refractivity contribution in [1.82, 2.24) is 0 Å². The first-order valence-electron chi connectivity index (χ1n) is 10.9. The summed E-state index contributed by atoms with van der Waals surface area (Å²) in [6.07, 6.45) is 14.4. The fourth-order valence-electron chi connectivity index (χ4n) is 6.99. The number of hydrogen-bond donors (Lipinski definition) is 1. The molecule has 150 valence electrons. The predicted molar refractivity (Wildman–Crippen MR) is 113 cm³/mol. The summed E-state index contributed by atoms with van der Waals surface area (Å²) in [7, 11) is 0. The minimum Gasteiger partial charge on any atom is -0.478 e. The van der Waals surface area contributed by atoms with Crippen LogP contribution >= 0.6 is 0 Å². The van der Waals surface area contributed by atoms with Crippen molar-refractivity contribution in [2.75, 3.05) is 0 Å². The number of carboxylic acid groups (broad SMARTS) is 1. The van der Waals surface area contributed by atoms with Crippen molar-refractivity contribution >= 4 is 5.97 Å². The van der Waals surface area contributed by atoms with Crippen LogP contribution in [0.5, 0.6) is 0 Å². The van der Waals surface area contributed by atoms with Crippen molar-refractivity contribution in [3.63, 3.8) is 0 Å². The molecule has 2 fully saturated rings. The van der Waals surface area contributed by atoms with Crippen LogP contribution in [0.1, 0.15) is 85.5 Å². The average molecular weight is 371 g/mol. The van der Waals surface area contributed by atoms with E-state index in [2.05, 4.69) is 46.4 Å². The lowest BCUT2D eigenvalue weighted by Gasteiger charge is -2.56. The molecule has 0 amide bonds. The normalized spacial score (nSPS) is 36.9. The largest absolute Gasteiger partial charge is 0.478 e. The fourth-order valence-corrected chi connectivity index (χ4v) is 6.99. The summed E-state index contributed by atoms with van der Waals surface area (Å²) >= 11 is 0. The summed E-state index contributed by atoms with van der Waals surface area (Å²) in [6, 6.07) is 0. The Morgan fingerprint density at radius 2 is 2.07 bits per heavy atom. The highest BCUT2D eigenvalue weighted by Gasteiger charge is 2.62. The van der Waals surface area contributed by atoms with E-state index in [-0.39, 0.29) is 5.41 Å². The molecule has 0 radical (unpaired) electrons. The van der Waals surface area contributed by atoms with E-state index < -0.39 is 5.97 Å². The van der Waals surface area contributed by atoms with Gasteiger partial charge in [-0.3, -0.25) is 0 Å². The zero-order valence-electron chi connectivity index (χ0n) is 17.8. The molecule has 2 heteroatoms. The maximum atomic E-state index is 11.6. The fraction of sp³-hybridized carbons (Fsp3) is 0.720. The van der Waals surface area contributed by atoms with Crippen LogP contribution in [0.15, 0.2) is 35.5 Å². The van der Waals surface area contributed by atoms with Gasteiger partial charge >= 0.3 is 5.97 Å². The molecule has 1 N–H and O–H groups in total. The first kappa shape index (κ1) is 20.4. The second kappa shape index (κ2) is 7.60. The van der Waals surface area contributed by atoms with Gasteiger partial charge in [-0.25, -0.2) is 4.79 Å². The lowest BCUT2D eigenvalue weighted by molar-refractivity contribution is -0.132. The Hall–Kier alpha value is -1.31. The first-order chi connectivity index (χ1) is 12.7. The summed E-state index contributed by atoms with van der Waals surface area (Å²) in [4.78, 5) is 11.6. The third kappa shape index (κ3) is 3.45. The molecule has 0 aromatic rings. The lowest BCUT2D eigenvalue weighted by atomic mass is 9.48. The smallest absolute Gasteiger partial charge is 0.331 e. The molecule has 0 heterocycles. The van der Waals surface area contributed by atoms with Crippen LogP contribution in [-0.4, -0.2) is 11.1 Å². The van der Waals surface area contributed by atoms with E-state index in [9.17, 15) is 9.90 Å². The van der Waals surface area contributed by atoms with Crippen LogP contribution in [0, 0.1) is 28.6 Å². The van der Waals surface area contributed by atoms with Gasteiger partial charge in [-0.1, -0.05) is 43.7 Å². The first-order valence-corrected chi connectivity index (χ1v) is 10.9. The third-order valence-corrected chi connectivity index (χ3v) is 8.53. The second-order valence-electron chi connectivity index (χ2n) is 10.0. The number of rotatable bonds is 5. The predicted octanol–water partition coefficient (Wildman–Crippen LogP) is 6.93. The van der Waals surface area contributed by atoms with E-state index in [0.29, 0.717) is 23.3 Å². The van der Waals surface area contributed by atoms with Crippen molar-refractivity contribution < 1.29 is 9.90 Å². The highest BCUT2D eigenvalue weighted by Crippen LogP contribution is 2.71. The maximum absolute atomic E-state index is 11.6. The van der Waals surface area contributed by atoms with Crippen LogP contribution < -0.4 is 0 Å². The number of allylic oxidation sites excluding steroid dienone is 4. The quantitative estimate of drug-likeness (QED) is 0.533. The Morgan fingerprint density at radius 1 is 1.33 bits per heavy atom. The van der Waals surface area contributed by atoms with Gasteiger partial charge in [-0.05, 0) is 100 Å².